The van der Waals surface area contributed by atoms with Crippen molar-refractivity contribution in [3.63, 3.8) is 0 Å². The fraction of sp³-hybridized carbons (Fsp3) is 0.278. The Morgan fingerprint density at radius 2 is 2.04 bits per heavy atom. The molecule has 0 radical (unpaired) electrons. The highest BCUT2D eigenvalue weighted by atomic mass is 32.1. The van der Waals surface area contributed by atoms with Gasteiger partial charge in [0.2, 0.25) is 0 Å². The van der Waals surface area contributed by atoms with Crippen molar-refractivity contribution in [2.24, 2.45) is 5.92 Å². The van der Waals surface area contributed by atoms with Crippen LogP contribution in [0.25, 0.3) is 21.3 Å². The number of nitrogens with zero attached hydrogens (tertiary/aromatic N) is 2. The van der Waals surface area contributed by atoms with Gasteiger partial charge in [-0.05, 0) is 47.7 Å². The summed E-state index contributed by atoms with van der Waals surface area (Å²) in [6.07, 6.45) is 4.29. The number of hydrogen-bond acceptors (Lipinski definition) is 4. The summed E-state index contributed by atoms with van der Waals surface area (Å²) in [7, 11) is 0. The maximum Gasteiger partial charge on any atom is 0.404 e. The third-order valence-electron chi connectivity index (χ3n) is 3.88. The van der Waals surface area contributed by atoms with Gasteiger partial charge in [-0.15, -0.1) is 11.3 Å². The van der Waals surface area contributed by atoms with E-state index < -0.39 is 6.09 Å². The molecular weight excluding hydrogens is 322 g/mol. The Morgan fingerprint density at radius 1 is 1.25 bits per heavy atom. The summed E-state index contributed by atoms with van der Waals surface area (Å²) in [6.45, 7) is 2.60. The molecule has 24 heavy (non-hydrogen) atoms. The van der Waals surface area contributed by atoms with Crippen molar-refractivity contribution in [2.75, 3.05) is 6.54 Å². The second-order valence-electron chi connectivity index (χ2n) is 5.86. The lowest BCUT2D eigenvalue weighted by molar-refractivity contribution is 0.193. The first kappa shape index (κ1) is 16.4. The van der Waals surface area contributed by atoms with Crippen LogP contribution in [0.5, 0.6) is 0 Å². The Kier molecular flexibility index (Phi) is 5.05. The monoisotopic (exact) mass is 341 g/mol. The SMILES string of the molecule is CC(CCNC(=O)O)Cc1nc2cc(-c3ccncc3)ccc2s1. The van der Waals surface area contributed by atoms with Crippen LogP contribution in [-0.2, 0) is 6.42 Å². The third kappa shape index (κ3) is 4.08. The van der Waals surface area contributed by atoms with E-state index in [0.29, 0.717) is 12.5 Å². The van der Waals surface area contributed by atoms with E-state index in [-0.39, 0.29) is 0 Å². The predicted octanol–water partition coefficient (Wildman–Crippen LogP) is 4.19. The molecular formula is C18H19N3O2S. The van der Waals surface area contributed by atoms with E-state index in [9.17, 15) is 4.79 Å². The lowest BCUT2D eigenvalue weighted by atomic mass is 10.0. The molecule has 124 valence electrons. The molecule has 1 unspecified atom stereocenters. The number of hydrogen-bond donors (Lipinski definition) is 2. The topological polar surface area (TPSA) is 75.1 Å². The molecule has 2 aromatic heterocycles. The number of benzene rings is 1. The maximum absolute atomic E-state index is 10.5. The van der Waals surface area contributed by atoms with E-state index in [2.05, 4.69) is 35.4 Å². The molecule has 2 heterocycles. The zero-order valence-electron chi connectivity index (χ0n) is 13.4. The van der Waals surface area contributed by atoms with Crippen LogP contribution in [0.4, 0.5) is 4.79 Å². The lowest BCUT2D eigenvalue weighted by Gasteiger charge is -2.08. The molecule has 1 atom stereocenters. The van der Waals surface area contributed by atoms with Gasteiger partial charge in [0, 0.05) is 25.4 Å². The number of rotatable bonds is 6. The van der Waals surface area contributed by atoms with Gasteiger partial charge in [-0.25, -0.2) is 9.78 Å². The smallest absolute Gasteiger partial charge is 0.404 e. The highest BCUT2D eigenvalue weighted by Crippen LogP contribution is 2.29. The summed E-state index contributed by atoms with van der Waals surface area (Å²) in [5.41, 5.74) is 3.29. The molecule has 0 aliphatic heterocycles. The van der Waals surface area contributed by atoms with Gasteiger partial charge in [0.05, 0.1) is 15.2 Å². The molecule has 0 bridgehead atoms. The number of carboxylic acid groups (broad SMARTS) is 1. The van der Waals surface area contributed by atoms with Crippen LogP contribution >= 0.6 is 11.3 Å². The zero-order chi connectivity index (χ0) is 16.9. The van der Waals surface area contributed by atoms with Crippen molar-refractivity contribution in [3.8, 4) is 11.1 Å². The number of nitrogens with one attached hydrogen (secondary N) is 1. The first-order valence-corrected chi connectivity index (χ1v) is 8.70. The summed E-state index contributed by atoms with van der Waals surface area (Å²) in [6, 6.07) is 10.3. The normalized spacial score (nSPS) is 12.2. The molecule has 0 spiro atoms. The van der Waals surface area contributed by atoms with Gasteiger partial charge in [0.1, 0.15) is 0 Å². The fourth-order valence-electron chi connectivity index (χ4n) is 2.61. The Balaban J connectivity index is 1.71. The molecule has 6 heteroatoms. The highest BCUT2D eigenvalue weighted by Gasteiger charge is 2.10. The quantitative estimate of drug-likeness (QED) is 0.705. The van der Waals surface area contributed by atoms with E-state index in [1.807, 2.05) is 12.1 Å². The van der Waals surface area contributed by atoms with Crippen molar-refractivity contribution in [2.45, 2.75) is 19.8 Å². The van der Waals surface area contributed by atoms with Crippen LogP contribution in [0.15, 0.2) is 42.7 Å². The van der Waals surface area contributed by atoms with Gasteiger partial charge in [0.15, 0.2) is 0 Å². The van der Waals surface area contributed by atoms with Crippen molar-refractivity contribution in [3.05, 3.63) is 47.7 Å². The molecule has 5 nitrogen and oxygen atoms in total. The highest BCUT2D eigenvalue weighted by molar-refractivity contribution is 7.18. The molecule has 0 aliphatic rings. The average molecular weight is 341 g/mol. The maximum atomic E-state index is 10.5. The largest absolute Gasteiger partial charge is 0.465 e. The van der Waals surface area contributed by atoms with Gasteiger partial charge in [-0.1, -0.05) is 13.0 Å². The van der Waals surface area contributed by atoms with E-state index in [4.69, 9.17) is 10.1 Å². The Hall–Kier alpha value is -2.47. The number of aromatic nitrogens is 2. The van der Waals surface area contributed by atoms with Crippen LogP contribution in [-0.4, -0.2) is 27.7 Å². The van der Waals surface area contributed by atoms with Crippen molar-refractivity contribution in [1.82, 2.24) is 15.3 Å². The molecule has 3 aromatic rings. The van der Waals surface area contributed by atoms with Crippen molar-refractivity contribution >= 4 is 27.6 Å². The second kappa shape index (κ2) is 7.40. The number of pyridine rings is 1. The first-order valence-electron chi connectivity index (χ1n) is 7.88. The molecule has 0 fully saturated rings. The Morgan fingerprint density at radius 3 is 2.79 bits per heavy atom. The van der Waals surface area contributed by atoms with Crippen LogP contribution < -0.4 is 5.32 Å². The number of thiazole rings is 1. The number of amides is 1. The predicted molar refractivity (Wildman–Crippen MR) is 96.4 cm³/mol. The van der Waals surface area contributed by atoms with E-state index in [0.717, 1.165) is 34.5 Å². The van der Waals surface area contributed by atoms with Gasteiger partial charge in [0.25, 0.3) is 0 Å². The summed E-state index contributed by atoms with van der Waals surface area (Å²) < 4.78 is 1.18. The number of carbonyl (C=O) groups is 1. The average Bonchev–Trinajstić information content (AvgIpc) is 2.96. The van der Waals surface area contributed by atoms with Gasteiger partial charge in [-0.2, -0.15) is 0 Å². The second-order valence-corrected chi connectivity index (χ2v) is 6.97. The first-order chi connectivity index (χ1) is 11.6. The molecule has 1 amide bonds. The van der Waals surface area contributed by atoms with E-state index in [1.165, 1.54) is 4.70 Å². The van der Waals surface area contributed by atoms with E-state index in [1.54, 1.807) is 23.7 Å². The summed E-state index contributed by atoms with van der Waals surface area (Å²) in [5, 5.41) is 12.1. The fourth-order valence-corrected chi connectivity index (χ4v) is 3.72. The van der Waals surface area contributed by atoms with Crippen molar-refractivity contribution in [1.29, 1.82) is 0 Å². The third-order valence-corrected chi connectivity index (χ3v) is 4.94. The number of fused-ring (bicyclic) bond motifs is 1. The Labute approximate surface area is 144 Å². The standard InChI is InChI=1S/C18H19N3O2S/c1-12(4-9-20-18(22)23)10-17-21-15-11-14(2-3-16(15)24-17)13-5-7-19-8-6-13/h2-3,5-8,11-12,20H,4,9-10H2,1H3,(H,22,23). The molecule has 0 saturated carbocycles. The molecule has 0 saturated heterocycles. The molecule has 2 N–H and O–H groups in total. The van der Waals surface area contributed by atoms with Crippen LogP contribution in [0, 0.1) is 5.92 Å². The molecule has 0 aliphatic carbocycles. The van der Waals surface area contributed by atoms with Crippen molar-refractivity contribution < 1.29 is 9.90 Å². The summed E-state index contributed by atoms with van der Waals surface area (Å²) in [5.74, 6) is 0.386. The lowest BCUT2D eigenvalue weighted by Crippen LogP contribution is -2.23. The van der Waals surface area contributed by atoms with Crippen LogP contribution in [0.1, 0.15) is 18.4 Å². The minimum Gasteiger partial charge on any atom is -0.465 e. The summed E-state index contributed by atoms with van der Waals surface area (Å²) in [4.78, 5) is 19.3. The van der Waals surface area contributed by atoms with Gasteiger partial charge in [-0.3, -0.25) is 4.98 Å². The minimum absolute atomic E-state index is 0.386. The molecule has 3 rings (SSSR count). The van der Waals surface area contributed by atoms with Gasteiger partial charge < -0.3 is 10.4 Å². The van der Waals surface area contributed by atoms with Crippen LogP contribution in [0.3, 0.4) is 0 Å². The minimum atomic E-state index is -0.967. The van der Waals surface area contributed by atoms with E-state index >= 15 is 0 Å². The van der Waals surface area contributed by atoms with Gasteiger partial charge >= 0.3 is 6.09 Å². The molecule has 1 aromatic carbocycles. The van der Waals surface area contributed by atoms with Crippen LogP contribution in [0.2, 0.25) is 0 Å². The zero-order valence-corrected chi connectivity index (χ0v) is 14.2. The Bertz CT molecular complexity index is 833. The summed E-state index contributed by atoms with van der Waals surface area (Å²) >= 11 is 1.71.